The van der Waals surface area contributed by atoms with Gasteiger partial charge in [-0.2, -0.15) is 0 Å². The minimum Gasteiger partial charge on any atom is -0.464 e. The maximum atomic E-state index is 11.2. The lowest BCUT2D eigenvalue weighted by Crippen LogP contribution is -2.06. The Balaban J connectivity index is 3.04. The van der Waals surface area contributed by atoms with Crippen molar-refractivity contribution in [3.63, 3.8) is 0 Å². The number of esters is 1. The van der Waals surface area contributed by atoms with E-state index in [2.05, 4.69) is 6.92 Å². The van der Waals surface area contributed by atoms with Crippen LogP contribution in [-0.4, -0.2) is 18.5 Å². The molecule has 2 nitrogen and oxygen atoms in total. The molecule has 0 fully saturated rings. The van der Waals surface area contributed by atoms with E-state index in [-0.39, 0.29) is 5.97 Å². The molecule has 0 aliphatic rings. The van der Waals surface area contributed by atoms with Gasteiger partial charge in [-0.25, -0.2) is 0 Å². The van der Waals surface area contributed by atoms with Gasteiger partial charge in [-0.05, 0) is 6.42 Å². The number of unbranched alkanes of at least 4 members (excludes halogenated alkanes) is 12. The first-order chi connectivity index (χ1) is 10.3. The molecule has 0 aromatic carbocycles. The summed E-state index contributed by atoms with van der Waals surface area (Å²) >= 11 is 5.45. The second-order valence-corrected chi connectivity index (χ2v) is 6.28. The van der Waals surface area contributed by atoms with E-state index in [1.807, 2.05) is 0 Å². The predicted octanol–water partition coefficient (Wildman–Crippen LogP) is 6.25. The molecule has 0 spiro atoms. The van der Waals surface area contributed by atoms with Crippen molar-refractivity contribution in [3.8, 4) is 0 Å². The molecule has 126 valence electrons. The van der Waals surface area contributed by atoms with Crippen molar-refractivity contribution in [2.24, 2.45) is 0 Å². The van der Waals surface area contributed by atoms with E-state index in [0.717, 1.165) is 12.8 Å². The van der Waals surface area contributed by atoms with Gasteiger partial charge in [0.05, 0.1) is 5.88 Å². The van der Waals surface area contributed by atoms with Gasteiger partial charge in [-0.1, -0.05) is 84.0 Å². The number of carbonyl (C=O) groups is 1. The summed E-state index contributed by atoms with van der Waals surface area (Å²) in [5, 5.41) is 0. The highest BCUT2D eigenvalue weighted by atomic mass is 35.5. The highest BCUT2D eigenvalue weighted by Crippen LogP contribution is 2.13. The van der Waals surface area contributed by atoms with E-state index in [1.165, 1.54) is 70.6 Å². The van der Waals surface area contributed by atoms with Crippen molar-refractivity contribution < 1.29 is 9.53 Å². The van der Waals surface area contributed by atoms with Gasteiger partial charge < -0.3 is 4.74 Å². The molecule has 0 aromatic rings. The monoisotopic (exact) mass is 318 g/mol. The number of carbonyl (C=O) groups excluding carboxylic acids is 1. The van der Waals surface area contributed by atoms with Crippen LogP contribution in [0.25, 0.3) is 0 Å². The van der Waals surface area contributed by atoms with Crippen LogP contribution in [-0.2, 0) is 9.53 Å². The zero-order chi connectivity index (χ0) is 15.6. The number of ether oxygens (including phenoxy) is 1. The molecule has 0 aromatic heterocycles. The molecule has 0 amide bonds. The third-order valence-corrected chi connectivity index (χ3v) is 3.98. The second-order valence-electron chi connectivity index (χ2n) is 5.90. The van der Waals surface area contributed by atoms with Gasteiger partial charge in [0.15, 0.2) is 0 Å². The average Bonchev–Trinajstić information content (AvgIpc) is 2.49. The second kappa shape index (κ2) is 17.8. The predicted molar refractivity (Wildman–Crippen MR) is 92.0 cm³/mol. The first kappa shape index (κ1) is 20.8. The van der Waals surface area contributed by atoms with Crippen LogP contribution < -0.4 is 0 Å². The number of hydrogen-bond donors (Lipinski definition) is 0. The Morgan fingerprint density at radius 1 is 0.762 bits per heavy atom. The van der Waals surface area contributed by atoms with Crippen LogP contribution in [0.5, 0.6) is 0 Å². The van der Waals surface area contributed by atoms with Gasteiger partial charge in [0.25, 0.3) is 0 Å². The molecule has 0 saturated carbocycles. The largest absolute Gasteiger partial charge is 0.464 e. The van der Waals surface area contributed by atoms with Crippen LogP contribution >= 0.6 is 11.6 Å². The fourth-order valence-electron chi connectivity index (χ4n) is 2.51. The summed E-state index contributed by atoms with van der Waals surface area (Å²) in [4.78, 5) is 11.2. The number of hydrogen-bond acceptors (Lipinski definition) is 2. The summed E-state index contributed by atoms with van der Waals surface area (Å²) in [5.74, 6) is 0.295. The summed E-state index contributed by atoms with van der Waals surface area (Å²) in [6.07, 6.45) is 17.8. The number of halogens is 1. The van der Waals surface area contributed by atoms with Crippen molar-refractivity contribution in [1.29, 1.82) is 0 Å². The van der Waals surface area contributed by atoms with Crippen molar-refractivity contribution in [2.45, 2.75) is 96.8 Å². The highest BCUT2D eigenvalue weighted by Gasteiger charge is 2.01. The van der Waals surface area contributed by atoms with Gasteiger partial charge in [-0.15, -0.1) is 11.6 Å². The fraction of sp³-hybridized carbons (Fsp3) is 0.944. The molecule has 0 bridgehead atoms. The van der Waals surface area contributed by atoms with Gasteiger partial charge in [0.2, 0.25) is 0 Å². The number of alkyl halides is 1. The Hall–Kier alpha value is -0.240. The Bertz CT molecular complexity index is 219. The lowest BCUT2D eigenvalue weighted by Gasteiger charge is -2.03. The Morgan fingerprint density at radius 3 is 1.62 bits per heavy atom. The highest BCUT2D eigenvalue weighted by molar-refractivity contribution is 6.18. The zero-order valence-electron chi connectivity index (χ0n) is 14.0. The Kier molecular flexibility index (Phi) is 17.6. The van der Waals surface area contributed by atoms with Gasteiger partial charge >= 0.3 is 5.97 Å². The quantitative estimate of drug-likeness (QED) is 0.191. The summed E-state index contributed by atoms with van der Waals surface area (Å²) in [6.45, 7) is 2.61. The minimum absolute atomic E-state index is 0.0984. The van der Waals surface area contributed by atoms with E-state index in [1.54, 1.807) is 0 Å². The van der Waals surface area contributed by atoms with E-state index in [9.17, 15) is 4.79 Å². The molecule has 0 saturated heterocycles. The normalized spacial score (nSPS) is 10.8. The van der Waals surface area contributed by atoms with E-state index < -0.39 is 0 Å². The van der Waals surface area contributed by atoms with Crippen LogP contribution in [0.3, 0.4) is 0 Å². The molecular formula is C18H35ClO2. The fourth-order valence-corrected chi connectivity index (χ4v) is 2.59. The maximum absolute atomic E-state index is 11.2. The third-order valence-electron chi connectivity index (χ3n) is 3.82. The van der Waals surface area contributed by atoms with Crippen molar-refractivity contribution in [2.75, 3.05) is 12.5 Å². The summed E-state index contributed by atoms with van der Waals surface area (Å²) in [7, 11) is 0. The van der Waals surface area contributed by atoms with E-state index >= 15 is 0 Å². The minimum atomic E-state index is -0.0984. The molecule has 3 heteroatoms. The van der Waals surface area contributed by atoms with E-state index in [4.69, 9.17) is 16.3 Å². The molecule has 21 heavy (non-hydrogen) atoms. The van der Waals surface area contributed by atoms with Gasteiger partial charge in [0.1, 0.15) is 6.61 Å². The summed E-state index contributed by atoms with van der Waals surface area (Å²) in [6, 6.07) is 0. The van der Waals surface area contributed by atoms with Gasteiger partial charge in [-0.3, -0.25) is 4.79 Å². The lowest BCUT2D eigenvalue weighted by atomic mass is 10.0. The molecule has 0 aliphatic carbocycles. The SMILES string of the molecule is CCCCCCCCCCCCCCCC(=O)OCCCl. The van der Waals surface area contributed by atoms with E-state index in [0.29, 0.717) is 18.9 Å². The van der Waals surface area contributed by atoms with Crippen molar-refractivity contribution in [3.05, 3.63) is 0 Å². The van der Waals surface area contributed by atoms with Gasteiger partial charge in [0, 0.05) is 6.42 Å². The summed E-state index contributed by atoms with van der Waals surface area (Å²) < 4.78 is 4.93. The van der Waals surface area contributed by atoms with Crippen LogP contribution in [0.1, 0.15) is 96.8 Å². The lowest BCUT2D eigenvalue weighted by molar-refractivity contribution is -0.143. The molecule has 0 aliphatic heterocycles. The first-order valence-electron chi connectivity index (χ1n) is 9.02. The molecular weight excluding hydrogens is 284 g/mol. The summed E-state index contributed by atoms with van der Waals surface area (Å²) in [5.41, 5.74) is 0. The van der Waals surface area contributed by atoms with Crippen LogP contribution in [0.15, 0.2) is 0 Å². The number of rotatable bonds is 16. The molecule has 0 atom stereocenters. The molecule has 0 unspecified atom stereocenters. The zero-order valence-corrected chi connectivity index (χ0v) is 14.8. The molecule has 0 heterocycles. The smallest absolute Gasteiger partial charge is 0.305 e. The third kappa shape index (κ3) is 17.7. The Morgan fingerprint density at radius 2 is 1.19 bits per heavy atom. The topological polar surface area (TPSA) is 26.3 Å². The molecule has 0 radical (unpaired) electrons. The van der Waals surface area contributed by atoms with Crippen LogP contribution in [0.4, 0.5) is 0 Å². The van der Waals surface area contributed by atoms with Crippen molar-refractivity contribution in [1.82, 2.24) is 0 Å². The molecule has 0 rings (SSSR count). The Labute approximate surface area is 137 Å². The van der Waals surface area contributed by atoms with Crippen molar-refractivity contribution >= 4 is 17.6 Å². The average molecular weight is 319 g/mol. The first-order valence-corrected chi connectivity index (χ1v) is 9.56. The van der Waals surface area contributed by atoms with Crippen LogP contribution in [0, 0.1) is 0 Å². The standard InChI is InChI=1S/C18H35ClO2/c1-2-3-4-5-6-7-8-9-10-11-12-13-14-15-18(20)21-17-16-19/h2-17H2,1H3. The molecule has 0 N–H and O–H groups in total. The van der Waals surface area contributed by atoms with Crippen LogP contribution in [0.2, 0.25) is 0 Å². The maximum Gasteiger partial charge on any atom is 0.305 e.